The smallest absolute Gasteiger partial charge is 0.338 e. The van der Waals surface area contributed by atoms with E-state index in [1.807, 2.05) is 60.7 Å². The Labute approximate surface area is 159 Å². The van der Waals surface area contributed by atoms with Gasteiger partial charge in [0.25, 0.3) is 0 Å². The zero-order valence-electron chi connectivity index (χ0n) is 14.0. The molecule has 3 aromatic rings. The van der Waals surface area contributed by atoms with Gasteiger partial charge in [-0.3, -0.25) is 0 Å². The summed E-state index contributed by atoms with van der Waals surface area (Å²) >= 11 is 0. The number of hydrogen-bond acceptors (Lipinski definition) is 2. The third-order valence-electron chi connectivity index (χ3n) is 4.10. The molecule has 0 saturated heterocycles. The van der Waals surface area contributed by atoms with Crippen molar-refractivity contribution in [1.82, 2.24) is 0 Å². The molecular formula is C21H20O2Sn. The summed E-state index contributed by atoms with van der Waals surface area (Å²) in [7, 11) is 0. The van der Waals surface area contributed by atoms with Crippen LogP contribution in [-0.4, -0.2) is 36.5 Å². The van der Waals surface area contributed by atoms with E-state index < -0.39 is 0 Å². The molecular weight excluding hydrogens is 403 g/mol. The zero-order valence-corrected chi connectivity index (χ0v) is 16.8. The average Bonchev–Trinajstić information content (AvgIpc) is 2.60. The largest absolute Gasteiger partial charge is 0.461 e. The topological polar surface area (TPSA) is 26.3 Å². The van der Waals surface area contributed by atoms with Crippen LogP contribution < -0.4 is 0 Å². The van der Waals surface area contributed by atoms with Gasteiger partial charge in [0.2, 0.25) is 0 Å². The van der Waals surface area contributed by atoms with Crippen LogP contribution in [0.2, 0.25) is 0 Å². The molecule has 2 nitrogen and oxygen atoms in total. The number of benzene rings is 3. The van der Waals surface area contributed by atoms with Gasteiger partial charge in [0.05, 0.1) is 5.56 Å². The van der Waals surface area contributed by atoms with E-state index in [0.29, 0.717) is 12.2 Å². The van der Waals surface area contributed by atoms with E-state index in [0.717, 1.165) is 16.3 Å². The molecule has 3 aromatic carbocycles. The number of fused-ring (bicyclic) bond motifs is 1. The Hall–Kier alpha value is -1.81. The molecule has 120 valence electrons. The van der Waals surface area contributed by atoms with Crippen molar-refractivity contribution in [2.45, 2.75) is 19.3 Å². The van der Waals surface area contributed by atoms with Crippen molar-refractivity contribution in [3.63, 3.8) is 0 Å². The third kappa shape index (κ3) is 4.18. The van der Waals surface area contributed by atoms with Gasteiger partial charge in [-0.2, -0.15) is 0 Å². The Morgan fingerprint density at radius 2 is 1.50 bits per heavy atom. The molecule has 0 N–H and O–H groups in total. The number of hydrogen-bond donors (Lipinski definition) is 0. The van der Waals surface area contributed by atoms with E-state index in [1.165, 1.54) is 0 Å². The average molecular weight is 423 g/mol. The number of esters is 1. The fourth-order valence-electron chi connectivity index (χ4n) is 2.62. The first-order chi connectivity index (χ1) is 11.1. The Morgan fingerprint density at radius 1 is 0.875 bits per heavy atom. The van der Waals surface area contributed by atoms with Gasteiger partial charge in [-0.05, 0) is 28.5 Å². The molecule has 0 spiro atoms. The molecule has 0 heterocycles. The molecule has 0 aliphatic heterocycles. The van der Waals surface area contributed by atoms with Crippen molar-refractivity contribution >= 4 is 40.6 Å². The number of rotatable bonds is 4. The molecule has 4 radical (unpaired) electrons. The van der Waals surface area contributed by atoms with Gasteiger partial charge >= 0.3 is 5.97 Å². The summed E-state index contributed by atoms with van der Waals surface area (Å²) in [6.45, 7) is 4.51. The maximum Gasteiger partial charge on any atom is 0.338 e. The van der Waals surface area contributed by atoms with Crippen LogP contribution in [-0.2, 0) is 10.2 Å². The summed E-state index contributed by atoms with van der Waals surface area (Å²) < 4.78 is 5.56. The van der Waals surface area contributed by atoms with E-state index >= 15 is 0 Å². The van der Waals surface area contributed by atoms with Crippen LogP contribution >= 0.6 is 0 Å². The van der Waals surface area contributed by atoms with Crippen LogP contribution in [0, 0.1) is 0 Å². The van der Waals surface area contributed by atoms with Crippen molar-refractivity contribution < 1.29 is 9.53 Å². The SMILES string of the molecule is CC(C)(COC(=O)c1ccc2ccccc2c1)c1ccccc1.[Sn]. The van der Waals surface area contributed by atoms with Crippen LogP contribution in [0.15, 0.2) is 72.8 Å². The standard InChI is InChI=1S/C21H20O2.Sn/c1-21(2,19-10-4-3-5-11-19)15-23-20(22)18-13-12-16-8-6-7-9-17(16)14-18;/h3-14H,15H2,1-2H3;. The van der Waals surface area contributed by atoms with E-state index in [9.17, 15) is 4.79 Å². The second-order valence-electron chi connectivity index (χ2n) is 6.39. The summed E-state index contributed by atoms with van der Waals surface area (Å²) in [5.74, 6) is -0.278. The summed E-state index contributed by atoms with van der Waals surface area (Å²) in [6.07, 6.45) is 0. The van der Waals surface area contributed by atoms with Crippen molar-refractivity contribution in [2.24, 2.45) is 0 Å². The maximum atomic E-state index is 12.3. The third-order valence-corrected chi connectivity index (χ3v) is 4.10. The second kappa shape index (κ2) is 7.84. The minimum atomic E-state index is -0.278. The monoisotopic (exact) mass is 424 g/mol. The summed E-state index contributed by atoms with van der Waals surface area (Å²) in [5, 5.41) is 2.16. The second-order valence-corrected chi connectivity index (χ2v) is 6.39. The van der Waals surface area contributed by atoms with Crippen molar-refractivity contribution in [1.29, 1.82) is 0 Å². The fraction of sp³-hybridized carbons (Fsp3) is 0.190. The maximum absolute atomic E-state index is 12.3. The first kappa shape index (κ1) is 18.5. The van der Waals surface area contributed by atoms with Crippen molar-refractivity contribution in [3.8, 4) is 0 Å². The molecule has 0 aliphatic rings. The van der Waals surface area contributed by atoms with E-state index in [-0.39, 0.29) is 35.3 Å². The van der Waals surface area contributed by atoms with E-state index in [2.05, 4.69) is 26.0 Å². The van der Waals surface area contributed by atoms with Gasteiger partial charge in [0, 0.05) is 29.3 Å². The predicted octanol–water partition coefficient (Wildman–Crippen LogP) is 4.59. The van der Waals surface area contributed by atoms with E-state index in [4.69, 9.17) is 4.74 Å². The summed E-state index contributed by atoms with van der Waals surface area (Å²) in [6, 6.07) is 23.8. The Balaban J connectivity index is 0.00000208. The van der Waals surface area contributed by atoms with Gasteiger partial charge in [-0.15, -0.1) is 0 Å². The minimum absolute atomic E-state index is 0. The fourth-order valence-corrected chi connectivity index (χ4v) is 2.62. The number of carbonyl (C=O) groups is 1. The molecule has 3 rings (SSSR count). The first-order valence-corrected chi connectivity index (χ1v) is 7.78. The summed E-state index contributed by atoms with van der Waals surface area (Å²) in [4.78, 5) is 12.3. The van der Waals surface area contributed by atoms with Gasteiger partial charge in [0.15, 0.2) is 0 Å². The predicted molar refractivity (Wildman–Crippen MR) is 99.5 cm³/mol. The van der Waals surface area contributed by atoms with Crippen LogP contribution in [0.3, 0.4) is 0 Å². The summed E-state index contributed by atoms with van der Waals surface area (Å²) in [5.41, 5.74) is 1.53. The molecule has 0 unspecified atom stereocenters. The zero-order chi connectivity index (χ0) is 16.3. The molecule has 0 saturated carbocycles. The molecule has 0 amide bonds. The van der Waals surface area contributed by atoms with Gasteiger partial charge in [0.1, 0.15) is 6.61 Å². The Kier molecular flexibility index (Phi) is 6.05. The van der Waals surface area contributed by atoms with Crippen LogP contribution in [0.1, 0.15) is 29.8 Å². The Bertz CT molecular complexity index is 825. The van der Waals surface area contributed by atoms with Crippen molar-refractivity contribution in [3.05, 3.63) is 83.9 Å². The normalized spacial score (nSPS) is 10.9. The van der Waals surface area contributed by atoms with Crippen LogP contribution in [0.25, 0.3) is 10.8 Å². The minimum Gasteiger partial charge on any atom is -0.461 e. The molecule has 0 aromatic heterocycles. The first-order valence-electron chi connectivity index (χ1n) is 7.78. The van der Waals surface area contributed by atoms with Gasteiger partial charge in [-0.1, -0.05) is 74.5 Å². The molecule has 0 atom stereocenters. The molecule has 0 aliphatic carbocycles. The van der Waals surface area contributed by atoms with Crippen LogP contribution in [0.5, 0.6) is 0 Å². The van der Waals surface area contributed by atoms with Crippen molar-refractivity contribution in [2.75, 3.05) is 6.61 Å². The number of ether oxygens (including phenoxy) is 1. The van der Waals surface area contributed by atoms with Crippen LogP contribution in [0.4, 0.5) is 0 Å². The Morgan fingerprint density at radius 3 is 2.21 bits per heavy atom. The van der Waals surface area contributed by atoms with Gasteiger partial charge < -0.3 is 4.74 Å². The molecule has 24 heavy (non-hydrogen) atoms. The number of carbonyl (C=O) groups excluding carboxylic acids is 1. The van der Waals surface area contributed by atoms with E-state index in [1.54, 1.807) is 0 Å². The molecule has 0 fully saturated rings. The molecule has 3 heteroatoms. The quantitative estimate of drug-likeness (QED) is 0.454. The molecule has 0 bridgehead atoms. The van der Waals surface area contributed by atoms with Gasteiger partial charge in [-0.25, -0.2) is 4.79 Å².